The normalized spacial score (nSPS) is 22.0. The van der Waals surface area contributed by atoms with Gasteiger partial charge in [0.05, 0.1) is 5.92 Å². The van der Waals surface area contributed by atoms with Crippen LogP contribution in [0.25, 0.3) is 0 Å². The van der Waals surface area contributed by atoms with E-state index in [4.69, 9.17) is 4.74 Å². The lowest BCUT2D eigenvalue weighted by atomic mass is 9.96. The van der Waals surface area contributed by atoms with Crippen molar-refractivity contribution < 1.29 is 23.9 Å². The number of nitrogens with one attached hydrogen (secondary N) is 2. The zero-order chi connectivity index (χ0) is 22.2. The molecule has 164 valence electrons. The monoisotopic (exact) mass is 433 g/mol. The average molecular weight is 433 g/mol. The molecule has 2 atom stereocenters. The van der Waals surface area contributed by atoms with Gasteiger partial charge in [-0.3, -0.25) is 24.5 Å². The lowest BCUT2D eigenvalue weighted by Gasteiger charge is -2.29. The van der Waals surface area contributed by atoms with E-state index >= 15 is 0 Å². The van der Waals surface area contributed by atoms with Gasteiger partial charge >= 0.3 is 0 Å². The first kappa shape index (κ1) is 20.2. The van der Waals surface area contributed by atoms with Crippen LogP contribution in [0.2, 0.25) is 0 Å². The van der Waals surface area contributed by atoms with Gasteiger partial charge in [0, 0.05) is 25.1 Å². The van der Waals surface area contributed by atoms with Gasteiger partial charge in [0.1, 0.15) is 18.4 Å². The molecule has 0 saturated carbocycles. The van der Waals surface area contributed by atoms with Gasteiger partial charge in [0.25, 0.3) is 5.91 Å². The molecule has 2 aromatic rings. The van der Waals surface area contributed by atoms with Crippen molar-refractivity contribution in [3.05, 3.63) is 64.7 Å². The molecule has 0 aromatic heterocycles. The number of amides is 4. The summed E-state index contributed by atoms with van der Waals surface area (Å²) < 4.78 is 5.71. The predicted octanol–water partition coefficient (Wildman–Crippen LogP) is 1.32. The lowest BCUT2D eigenvalue weighted by Crippen LogP contribution is -2.52. The van der Waals surface area contributed by atoms with Crippen LogP contribution < -0.4 is 15.4 Å². The number of hydrogen-bond donors (Lipinski definition) is 2. The summed E-state index contributed by atoms with van der Waals surface area (Å²) >= 11 is 0. The molecule has 2 N–H and O–H groups in total. The minimum absolute atomic E-state index is 0.0683. The number of benzene rings is 2. The van der Waals surface area contributed by atoms with Crippen LogP contribution in [0.4, 0.5) is 0 Å². The zero-order valence-electron chi connectivity index (χ0n) is 17.4. The van der Waals surface area contributed by atoms with E-state index in [1.807, 2.05) is 36.4 Å². The Morgan fingerprint density at radius 3 is 2.81 bits per heavy atom. The Bertz CT molecular complexity index is 1130. The zero-order valence-corrected chi connectivity index (χ0v) is 17.4. The Hall–Kier alpha value is -3.68. The van der Waals surface area contributed by atoms with Crippen LogP contribution in [0.5, 0.6) is 5.75 Å². The third-order valence-electron chi connectivity index (χ3n) is 6.30. The van der Waals surface area contributed by atoms with Crippen LogP contribution in [0.3, 0.4) is 0 Å². The summed E-state index contributed by atoms with van der Waals surface area (Å²) in [6.07, 6.45) is 1.20. The van der Waals surface area contributed by atoms with E-state index in [0.29, 0.717) is 38.1 Å². The maximum atomic E-state index is 12.8. The number of carbonyl (C=O) groups excluding carboxylic acids is 4. The topological polar surface area (TPSA) is 105 Å². The molecule has 2 aromatic carbocycles. The molecule has 2 unspecified atom stereocenters. The molecule has 8 heteroatoms. The summed E-state index contributed by atoms with van der Waals surface area (Å²) in [6.45, 7) is 1.01. The van der Waals surface area contributed by atoms with Crippen molar-refractivity contribution in [1.29, 1.82) is 0 Å². The van der Waals surface area contributed by atoms with Crippen molar-refractivity contribution in [2.24, 2.45) is 5.92 Å². The maximum Gasteiger partial charge on any atom is 0.255 e. The van der Waals surface area contributed by atoms with Gasteiger partial charge in [-0.2, -0.15) is 0 Å². The molecule has 0 aliphatic carbocycles. The standard InChI is InChI=1S/C24H23N3O5/c28-21-8-7-19(23(30)26-21)27-12-16-9-14(5-6-18(16)24(27)31)11-25-22(29)17-10-15-3-1-2-4-20(15)32-13-17/h1-6,9,17,19H,7-8,10-13H2,(H,25,29)(H,26,28,30). The summed E-state index contributed by atoms with van der Waals surface area (Å²) in [5.41, 5.74) is 3.29. The van der Waals surface area contributed by atoms with Crippen LogP contribution in [-0.2, 0) is 33.9 Å². The van der Waals surface area contributed by atoms with E-state index in [9.17, 15) is 19.2 Å². The van der Waals surface area contributed by atoms with Crippen molar-refractivity contribution in [2.45, 2.75) is 38.4 Å². The highest BCUT2D eigenvalue weighted by molar-refractivity contribution is 6.05. The molecule has 32 heavy (non-hydrogen) atoms. The second kappa shape index (κ2) is 8.11. The summed E-state index contributed by atoms with van der Waals surface area (Å²) in [5, 5.41) is 5.27. The fourth-order valence-electron chi connectivity index (χ4n) is 4.57. The van der Waals surface area contributed by atoms with Gasteiger partial charge in [-0.25, -0.2) is 0 Å². The number of hydrogen-bond acceptors (Lipinski definition) is 5. The highest BCUT2D eigenvalue weighted by Crippen LogP contribution is 2.29. The number of carbonyl (C=O) groups is 4. The van der Waals surface area contributed by atoms with Crippen LogP contribution in [0, 0.1) is 5.92 Å². The first-order valence-corrected chi connectivity index (χ1v) is 10.7. The number of piperidine rings is 1. The predicted molar refractivity (Wildman–Crippen MR) is 113 cm³/mol. The quantitative estimate of drug-likeness (QED) is 0.708. The molecule has 1 fully saturated rings. The Balaban J connectivity index is 1.22. The van der Waals surface area contributed by atoms with Crippen LogP contribution in [0.15, 0.2) is 42.5 Å². The van der Waals surface area contributed by atoms with E-state index in [0.717, 1.165) is 22.4 Å². The average Bonchev–Trinajstić information content (AvgIpc) is 3.12. The van der Waals surface area contributed by atoms with Gasteiger partial charge in [-0.1, -0.05) is 30.3 Å². The van der Waals surface area contributed by atoms with Crippen molar-refractivity contribution >= 4 is 23.6 Å². The van der Waals surface area contributed by atoms with Crippen molar-refractivity contribution in [2.75, 3.05) is 6.61 Å². The highest BCUT2D eigenvalue weighted by Gasteiger charge is 2.39. The van der Waals surface area contributed by atoms with Crippen molar-refractivity contribution in [1.82, 2.24) is 15.5 Å². The Labute approximate surface area is 184 Å². The minimum atomic E-state index is -0.634. The molecular formula is C24H23N3O5. The van der Waals surface area contributed by atoms with Gasteiger partial charge in [-0.05, 0) is 41.7 Å². The number of ether oxygens (including phenoxy) is 1. The van der Waals surface area contributed by atoms with Gasteiger partial charge in [0.2, 0.25) is 17.7 Å². The van der Waals surface area contributed by atoms with Crippen LogP contribution in [0.1, 0.15) is 39.9 Å². The molecular weight excluding hydrogens is 410 g/mol. The number of imide groups is 1. The molecule has 3 aliphatic heterocycles. The van der Waals surface area contributed by atoms with E-state index in [-0.39, 0.29) is 30.1 Å². The molecule has 1 saturated heterocycles. The summed E-state index contributed by atoms with van der Waals surface area (Å²) in [5.74, 6) is -0.417. The fraction of sp³-hybridized carbons (Fsp3) is 0.333. The summed E-state index contributed by atoms with van der Waals surface area (Å²) in [7, 11) is 0. The second-order valence-electron chi connectivity index (χ2n) is 8.43. The van der Waals surface area contributed by atoms with E-state index in [1.165, 1.54) is 4.90 Å². The highest BCUT2D eigenvalue weighted by atomic mass is 16.5. The Kier molecular flexibility index (Phi) is 5.13. The summed E-state index contributed by atoms with van der Waals surface area (Å²) in [4.78, 5) is 50.5. The fourth-order valence-corrected chi connectivity index (χ4v) is 4.57. The van der Waals surface area contributed by atoms with Crippen LogP contribution in [-0.4, -0.2) is 41.2 Å². The Morgan fingerprint density at radius 1 is 1.12 bits per heavy atom. The molecule has 4 amide bonds. The third-order valence-corrected chi connectivity index (χ3v) is 6.30. The summed E-state index contributed by atoms with van der Waals surface area (Å²) in [6, 6.07) is 12.6. The first-order chi connectivity index (χ1) is 15.5. The molecule has 0 spiro atoms. The van der Waals surface area contributed by atoms with Gasteiger partial charge in [-0.15, -0.1) is 0 Å². The van der Waals surface area contributed by atoms with Gasteiger partial charge in [0.15, 0.2) is 0 Å². The number of fused-ring (bicyclic) bond motifs is 2. The largest absolute Gasteiger partial charge is 0.492 e. The van der Waals surface area contributed by atoms with E-state index < -0.39 is 11.9 Å². The lowest BCUT2D eigenvalue weighted by molar-refractivity contribution is -0.137. The number of para-hydroxylation sites is 1. The Morgan fingerprint density at radius 2 is 1.97 bits per heavy atom. The number of nitrogens with zero attached hydrogens (tertiary/aromatic N) is 1. The third kappa shape index (κ3) is 3.72. The van der Waals surface area contributed by atoms with Crippen molar-refractivity contribution in [3.63, 3.8) is 0 Å². The SMILES string of the molecule is O=C1CCC(N2Cc3cc(CNC(=O)C4COc5ccccc5C4)ccc3C2=O)C(=O)N1. The van der Waals surface area contributed by atoms with E-state index in [1.54, 1.807) is 6.07 Å². The maximum absolute atomic E-state index is 12.8. The molecule has 8 nitrogen and oxygen atoms in total. The molecule has 0 radical (unpaired) electrons. The van der Waals surface area contributed by atoms with Crippen molar-refractivity contribution in [3.8, 4) is 5.75 Å². The molecule has 5 rings (SSSR count). The van der Waals surface area contributed by atoms with E-state index in [2.05, 4.69) is 10.6 Å². The van der Waals surface area contributed by atoms with Crippen LogP contribution >= 0.6 is 0 Å². The number of rotatable bonds is 4. The second-order valence-corrected chi connectivity index (χ2v) is 8.43. The first-order valence-electron chi connectivity index (χ1n) is 10.7. The molecule has 3 heterocycles. The minimum Gasteiger partial charge on any atom is -0.492 e. The molecule has 3 aliphatic rings. The molecule has 0 bridgehead atoms. The van der Waals surface area contributed by atoms with Gasteiger partial charge < -0.3 is 15.0 Å². The smallest absolute Gasteiger partial charge is 0.255 e.